The summed E-state index contributed by atoms with van der Waals surface area (Å²) >= 11 is 0. The second-order valence-electron chi connectivity index (χ2n) is 7.75. The van der Waals surface area contributed by atoms with Gasteiger partial charge in [0, 0.05) is 5.41 Å². The van der Waals surface area contributed by atoms with Gasteiger partial charge in [-0.05, 0) is 41.1 Å². The van der Waals surface area contributed by atoms with E-state index in [0.717, 1.165) is 36.1 Å². The maximum absolute atomic E-state index is 12.1. The van der Waals surface area contributed by atoms with E-state index in [-0.39, 0.29) is 10.5 Å². The van der Waals surface area contributed by atoms with E-state index in [9.17, 15) is 4.80 Å². The van der Waals surface area contributed by atoms with E-state index in [1.54, 1.807) is 0 Å². The fraction of sp³-hybridized carbons (Fsp3) is 0.364. The van der Waals surface area contributed by atoms with Crippen molar-refractivity contribution in [2.75, 3.05) is 0 Å². The molecule has 3 rings (SSSR count). The van der Waals surface area contributed by atoms with Gasteiger partial charge in [0.25, 0.3) is 8.32 Å². The first-order valence-electron chi connectivity index (χ1n) is 8.75. The first-order chi connectivity index (χ1) is 11.4. The van der Waals surface area contributed by atoms with Crippen LogP contribution in [0.25, 0.3) is 0 Å². The Hall–Kier alpha value is -1.82. The summed E-state index contributed by atoms with van der Waals surface area (Å²) in [5.74, 6) is 2.99. The maximum atomic E-state index is 12.1. The lowest BCUT2D eigenvalue weighted by atomic mass is 9.95. The fourth-order valence-electron chi connectivity index (χ4n) is 3.66. The molecule has 1 aliphatic rings. The van der Waals surface area contributed by atoms with Gasteiger partial charge in [0.15, 0.2) is 0 Å². The molecule has 0 radical (unpaired) electrons. The van der Waals surface area contributed by atoms with Crippen molar-refractivity contribution in [3.8, 4) is 12.3 Å². The minimum atomic E-state index is -2.88. The van der Waals surface area contributed by atoms with Crippen LogP contribution in [-0.2, 0) is 0 Å². The molecule has 1 N–H and O–H groups in total. The highest BCUT2D eigenvalue weighted by molar-refractivity contribution is 6.98. The second-order valence-corrected chi connectivity index (χ2v) is 11.7. The van der Waals surface area contributed by atoms with Crippen LogP contribution in [0.15, 0.2) is 60.7 Å². The number of rotatable bonds is 6. The smallest absolute Gasteiger partial charge is 0.258 e. The number of terminal acetylenes is 1. The zero-order valence-electron chi connectivity index (χ0n) is 14.6. The zero-order valence-corrected chi connectivity index (χ0v) is 15.6. The zero-order chi connectivity index (χ0) is 17.3. The monoisotopic (exact) mass is 334 g/mol. The van der Waals surface area contributed by atoms with E-state index >= 15 is 0 Å². The van der Waals surface area contributed by atoms with Crippen LogP contribution < -0.4 is 10.4 Å². The number of benzene rings is 2. The predicted molar refractivity (Wildman–Crippen MR) is 104 cm³/mol. The SMILES string of the molecule is C#CC1(CCC(C)(C)[Si](O)(c2ccccc2)c2ccccc2)CC1. The Labute approximate surface area is 146 Å². The van der Waals surface area contributed by atoms with Gasteiger partial charge < -0.3 is 4.80 Å². The number of hydrogen-bond acceptors (Lipinski definition) is 1. The van der Waals surface area contributed by atoms with E-state index < -0.39 is 8.32 Å². The molecule has 2 heteroatoms. The van der Waals surface area contributed by atoms with Crippen LogP contribution in [0.5, 0.6) is 0 Å². The van der Waals surface area contributed by atoms with Crippen molar-refractivity contribution in [2.24, 2.45) is 5.41 Å². The Kier molecular flexibility index (Phi) is 4.42. The van der Waals surface area contributed by atoms with Crippen LogP contribution in [0.2, 0.25) is 5.04 Å². The number of hydrogen-bond donors (Lipinski definition) is 1. The molecule has 0 atom stereocenters. The van der Waals surface area contributed by atoms with Gasteiger partial charge in [-0.2, -0.15) is 0 Å². The van der Waals surface area contributed by atoms with Crippen molar-refractivity contribution in [1.29, 1.82) is 0 Å². The van der Waals surface area contributed by atoms with Gasteiger partial charge in [-0.3, -0.25) is 0 Å². The molecular formula is C22H26OSi. The van der Waals surface area contributed by atoms with Gasteiger partial charge in [-0.1, -0.05) is 80.4 Å². The summed E-state index contributed by atoms with van der Waals surface area (Å²) < 4.78 is 0. The molecule has 0 amide bonds. The summed E-state index contributed by atoms with van der Waals surface area (Å²) in [5, 5.41) is 1.96. The average Bonchev–Trinajstić information content (AvgIpc) is 3.41. The molecule has 1 fully saturated rings. The molecule has 0 saturated heterocycles. The van der Waals surface area contributed by atoms with E-state index in [1.165, 1.54) is 0 Å². The molecule has 0 heterocycles. The van der Waals surface area contributed by atoms with Crippen LogP contribution >= 0.6 is 0 Å². The van der Waals surface area contributed by atoms with Crippen molar-refractivity contribution in [3.05, 3.63) is 60.7 Å². The topological polar surface area (TPSA) is 20.2 Å². The lowest BCUT2D eigenvalue weighted by Gasteiger charge is -2.41. The molecule has 0 aliphatic heterocycles. The van der Waals surface area contributed by atoms with Gasteiger partial charge in [-0.25, -0.2) is 0 Å². The molecule has 0 unspecified atom stereocenters. The van der Waals surface area contributed by atoms with Crippen LogP contribution in [-0.4, -0.2) is 13.1 Å². The normalized spacial score (nSPS) is 16.4. The van der Waals surface area contributed by atoms with Crippen LogP contribution in [0.4, 0.5) is 0 Å². The Morgan fingerprint density at radius 1 is 1.00 bits per heavy atom. The summed E-state index contributed by atoms with van der Waals surface area (Å²) in [6.07, 6.45) is 9.95. The first-order valence-corrected chi connectivity index (χ1v) is 10.7. The molecule has 1 saturated carbocycles. The average molecular weight is 335 g/mol. The fourth-order valence-corrected chi connectivity index (χ4v) is 7.39. The summed E-state index contributed by atoms with van der Waals surface area (Å²) in [4.78, 5) is 12.1. The Morgan fingerprint density at radius 3 is 1.83 bits per heavy atom. The highest BCUT2D eigenvalue weighted by atomic mass is 28.4. The van der Waals surface area contributed by atoms with Crippen molar-refractivity contribution in [1.82, 2.24) is 0 Å². The molecule has 1 aliphatic carbocycles. The molecular weight excluding hydrogens is 308 g/mol. The van der Waals surface area contributed by atoms with Gasteiger partial charge >= 0.3 is 0 Å². The predicted octanol–water partition coefficient (Wildman–Crippen LogP) is 3.71. The minimum absolute atomic E-state index is 0.0972. The molecule has 0 bridgehead atoms. The van der Waals surface area contributed by atoms with Gasteiger partial charge in [0.2, 0.25) is 0 Å². The van der Waals surface area contributed by atoms with Gasteiger partial charge in [0.05, 0.1) is 0 Å². The first kappa shape index (κ1) is 17.0. The molecule has 2 aromatic carbocycles. The Morgan fingerprint density at radius 2 is 1.46 bits per heavy atom. The molecule has 1 nitrogen and oxygen atoms in total. The minimum Gasteiger partial charge on any atom is -0.424 e. The van der Waals surface area contributed by atoms with E-state index in [0.29, 0.717) is 0 Å². The van der Waals surface area contributed by atoms with Crippen LogP contribution in [0, 0.1) is 17.8 Å². The highest BCUT2D eigenvalue weighted by Gasteiger charge is 2.51. The molecule has 24 heavy (non-hydrogen) atoms. The van der Waals surface area contributed by atoms with Crippen LogP contribution in [0.1, 0.15) is 39.5 Å². The Bertz CT molecular complexity index is 684. The standard InChI is InChI=1S/C22H26OSi/c1-4-22(17-18-22)16-15-21(2,3)24(23,19-11-7-5-8-12-19)20-13-9-6-10-14-20/h1,5-14,23H,15-18H2,2-3H3. The lowest BCUT2D eigenvalue weighted by Crippen LogP contribution is -2.65. The molecule has 2 aromatic rings. The largest absolute Gasteiger partial charge is 0.424 e. The molecule has 0 aromatic heterocycles. The van der Waals surface area contributed by atoms with E-state index in [4.69, 9.17) is 6.42 Å². The quantitative estimate of drug-likeness (QED) is 0.631. The van der Waals surface area contributed by atoms with Crippen molar-refractivity contribution >= 4 is 18.7 Å². The third kappa shape index (κ3) is 2.95. The summed E-state index contributed by atoms with van der Waals surface area (Å²) in [6.45, 7) is 4.43. The third-order valence-corrected chi connectivity index (χ3v) is 10.3. The van der Waals surface area contributed by atoms with Crippen molar-refractivity contribution in [2.45, 2.75) is 44.6 Å². The summed E-state index contributed by atoms with van der Waals surface area (Å²) in [5.41, 5.74) is 0.0972. The summed E-state index contributed by atoms with van der Waals surface area (Å²) in [7, 11) is -2.88. The van der Waals surface area contributed by atoms with E-state index in [2.05, 4.69) is 44.0 Å². The van der Waals surface area contributed by atoms with Crippen LogP contribution in [0.3, 0.4) is 0 Å². The van der Waals surface area contributed by atoms with Gasteiger partial charge in [0.1, 0.15) is 0 Å². The van der Waals surface area contributed by atoms with Crippen molar-refractivity contribution < 1.29 is 4.80 Å². The Balaban J connectivity index is 2.00. The lowest BCUT2D eigenvalue weighted by molar-refractivity contribution is 0.428. The van der Waals surface area contributed by atoms with Crippen molar-refractivity contribution in [3.63, 3.8) is 0 Å². The summed E-state index contributed by atoms with van der Waals surface area (Å²) in [6, 6.07) is 20.4. The van der Waals surface area contributed by atoms with E-state index in [1.807, 2.05) is 36.4 Å². The maximum Gasteiger partial charge on any atom is 0.258 e. The second kappa shape index (κ2) is 6.24. The molecule has 0 spiro atoms. The van der Waals surface area contributed by atoms with Gasteiger partial charge in [-0.15, -0.1) is 6.42 Å². The third-order valence-electron chi connectivity index (χ3n) is 5.75. The molecule has 124 valence electrons. The highest BCUT2D eigenvalue weighted by Crippen LogP contribution is 2.53.